The first-order chi connectivity index (χ1) is 15.2. The number of nitrogens with zero attached hydrogens (tertiary/aromatic N) is 2. The Morgan fingerprint density at radius 3 is 2.65 bits per heavy atom. The van der Waals surface area contributed by atoms with Crippen molar-refractivity contribution in [2.24, 2.45) is 0 Å². The molecule has 0 radical (unpaired) electrons. The second-order valence-electron chi connectivity index (χ2n) is 7.71. The van der Waals surface area contributed by atoms with Crippen molar-refractivity contribution in [1.82, 2.24) is 9.97 Å². The molecule has 2 heterocycles. The predicted molar refractivity (Wildman–Crippen MR) is 133 cm³/mol. The van der Waals surface area contributed by atoms with Crippen molar-refractivity contribution in [2.45, 2.75) is 12.8 Å². The number of aryl methyl sites for hydroxylation is 1. The van der Waals surface area contributed by atoms with Gasteiger partial charge in [0.25, 0.3) is 0 Å². The maximum Gasteiger partial charge on any atom is 0.161 e. The molecule has 2 aromatic heterocycles. The summed E-state index contributed by atoms with van der Waals surface area (Å²) < 4.78 is 1.11. The number of halogens is 1. The summed E-state index contributed by atoms with van der Waals surface area (Å²) in [6.07, 6.45) is 6.58. The summed E-state index contributed by atoms with van der Waals surface area (Å²) in [6, 6.07) is 20.0. The van der Waals surface area contributed by atoms with Crippen LogP contribution in [0, 0.1) is 0 Å². The van der Waals surface area contributed by atoms with E-state index in [9.17, 15) is 0 Å². The van der Waals surface area contributed by atoms with Crippen LogP contribution in [0.25, 0.3) is 49.7 Å². The monoisotopic (exact) mass is 439 g/mol. The van der Waals surface area contributed by atoms with Gasteiger partial charge < -0.3 is 5.73 Å². The standard InChI is InChI=1S/C26H18ClN3S/c27-20-14-13-19(23-18-6-2-4-8-22(18)31-25(20)23)26-29-21-7-3-1-5-17(21)24(30-26)15-9-11-16(28)12-10-15/h1-3,5-7,9-14H,4,8,28H2. The molecule has 0 aliphatic heterocycles. The Balaban J connectivity index is 1.67. The molecule has 6 rings (SSSR count). The van der Waals surface area contributed by atoms with E-state index in [0.29, 0.717) is 5.82 Å². The highest BCUT2D eigenvalue weighted by Crippen LogP contribution is 2.44. The lowest BCUT2D eigenvalue weighted by molar-refractivity contribution is 1.02. The SMILES string of the molecule is Nc1ccc(-c2nc(-c3ccc(Cl)c4sc5c(c34)C=CCC5)nc3ccccc23)cc1. The van der Waals surface area contributed by atoms with Crippen molar-refractivity contribution in [2.75, 3.05) is 5.73 Å². The van der Waals surface area contributed by atoms with Crippen LogP contribution in [0.2, 0.25) is 5.02 Å². The molecule has 3 nitrogen and oxygen atoms in total. The Labute approximate surface area is 188 Å². The van der Waals surface area contributed by atoms with E-state index in [-0.39, 0.29) is 0 Å². The average molecular weight is 440 g/mol. The minimum absolute atomic E-state index is 0.715. The lowest BCUT2D eigenvalue weighted by Crippen LogP contribution is -1.96. The van der Waals surface area contributed by atoms with Crippen LogP contribution in [-0.4, -0.2) is 9.97 Å². The summed E-state index contributed by atoms with van der Waals surface area (Å²) in [4.78, 5) is 11.4. The smallest absolute Gasteiger partial charge is 0.161 e. The third-order valence-electron chi connectivity index (χ3n) is 5.76. The zero-order valence-electron chi connectivity index (χ0n) is 16.6. The van der Waals surface area contributed by atoms with E-state index in [1.165, 1.54) is 10.4 Å². The summed E-state index contributed by atoms with van der Waals surface area (Å²) in [5, 5.41) is 2.96. The van der Waals surface area contributed by atoms with E-state index < -0.39 is 0 Å². The van der Waals surface area contributed by atoms with E-state index in [4.69, 9.17) is 27.3 Å². The van der Waals surface area contributed by atoms with Crippen LogP contribution in [0.5, 0.6) is 0 Å². The zero-order valence-corrected chi connectivity index (χ0v) is 18.2. The Kier molecular flexibility index (Phi) is 4.30. The number of nitrogens with two attached hydrogens (primary N) is 1. The first kappa shape index (κ1) is 18.6. The molecule has 0 unspecified atom stereocenters. The lowest BCUT2D eigenvalue weighted by Gasteiger charge is -2.12. The van der Waals surface area contributed by atoms with Gasteiger partial charge in [-0.2, -0.15) is 0 Å². The maximum absolute atomic E-state index is 6.61. The molecule has 0 bridgehead atoms. The first-order valence-corrected chi connectivity index (χ1v) is 11.4. The number of hydrogen-bond acceptors (Lipinski definition) is 4. The highest BCUT2D eigenvalue weighted by Gasteiger charge is 2.20. The van der Waals surface area contributed by atoms with Gasteiger partial charge in [-0.05, 0) is 48.7 Å². The first-order valence-electron chi connectivity index (χ1n) is 10.2. The molecule has 0 saturated carbocycles. The molecule has 0 amide bonds. The molecule has 0 fully saturated rings. The predicted octanol–water partition coefficient (Wildman–Crippen LogP) is 7.37. The highest BCUT2D eigenvalue weighted by molar-refractivity contribution is 7.20. The van der Waals surface area contributed by atoms with Crippen LogP contribution >= 0.6 is 22.9 Å². The number of thiophene rings is 1. The lowest BCUT2D eigenvalue weighted by atomic mass is 9.98. The summed E-state index contributed by atoms with van der Waals surface area (Å²) >= 11 is 8.40. The van der Waals surface area contributed by atoms with Crippen molar-refractivity contribution in [3.8, 4) is 22.6 Å². The number of para-hydroxylation sites is 1. The molecule has 1 aliphatic carbocycles. The van der Waals surface area contributed by atoms with Gasteiger partial charge >= 0.3 is 0 Å². The fourth-order valence-corrected chi connectivity index (χ4v) is 5.77. The fraction of sp³-hybridized carbons (Fsp3) is 0.0769. The summed E-state index contributed by atoms with van der Waals surface area (Å²) in [6.45, 7) is 0. The van der Waals surface area contributed by atoms with Gasteiger partial charge in [0.1, 0.15) is 0 Å². The molecule has 31 heavy (non-hydrogen) atoms. The highest BCUT2D eigenvalue weighted by atomic mass is 35.5. The zero-order chi connectivity index (χ0) is 20.9. The van der Waals surface area contributed by atoms with Gasteiger partial charge in [-0.15, -0.1) is 11.3 Å². The number of anilines is 1. The maximum atomic E-state index is 6.61. The molecule has 5 aromatic rings. The number of rotatable bonds is 2. The Bertz CT molecular complexity index is 1500. The van der Waals surface area contributed by atoms with Crippen LogP contribution in [0.3, 0.4) is 0 Å². The molecule has 3 aromatic carbocycles. The second kappa shape index (κ2) is 7.19. The Morgan fingerprint density at radius 2 is 1.77 bits per heavy atom. The van der Waals surface area contributed by atoms with Crippen molar-refractivity contribution < 1.29 is 0 Å². The normalized spacial score (nSPS) is 13.1. The van der Waals surface area contributed by atoms with Crippen LogP contribution in [0.15, 0.2) is 66.7 Å². The molecule has 0 spiro atoms. The third kappa shape index (κ3) is 3.02. The van der Waals surface area contributed by atoms with Gasteiger partial charge in [0, 0.05) is 32.5 Å². The topological polar surface area (TPSA) is 51.8 Å². The number of aromatic nitrogens is 2. The average Bonchev–Trinajstić information content (AvgIpc) is 3.20. The van der Waals surface area contributed by atoms with Crippen molar-refractivity contribution >= 4 is 55.7 Å². The fourth-order valence-electron chi connectivity index (χ4n) is 4.26. The molecule has 150 valence electrons. The molecule has 5 heteroatoms. The van der Waals surface area contributed by atoms with Crippen LogP contribution in [-0.2, 0) is 6.42 Å². The summed E-state index contributed by atoms with van der Waals surface area (Å²) in [5.41, 5.74) is 11.8. The van der Waals surface area contributed by atoms with Gasteiger partial charge in [-0.1, -0.05) is 54.1 Å². The minimum atomic E-state index is 0.715. The van der Waals surface area contributed by atoms with Gasteiger partial charge in [0.2, 0.25) is 0 Å². The molecule has 0 saturated heterocycles. The van der Waals surface area contributed by atoms with Gasteiger partial charge in [0.15, 0.2) is 5.82 Å². The number of nitrogen functional groups attached to an aromatic ring is 1. The van der Waals surface area contributed by atoms with E-state index in [0.717, 1.165) is 61.4 Å². The summed E-state index contributed by atoms with van der Waals surface area (Å²) in [7, 11) is 0. The van der Waals surface area contributed by atoms with Crippen molar-refractivity contribution in [3.05, 3.63) is 82.2 Å². The number of fused-ring (bicyclic) bond motifs is 4. The molecular formula is C26H18ClN3S. The third-order valence-corrected chi connectivity index (χ3v) is 7.48. The van der Waals surface area contributed by atoms with Gasteiger partial charge in [-0.3, -0.25) is 0 Å². The largest absolute Gasteiger partial charge is 0.399 e. The van der Waals surface area contributed by atoms with Crippen LogP contribution < -0.4 is 5.73 Å². The van der Waals surface area contributed by atoms with Crippen molar-refractivity contribution in [1.29, 1.82) is 0 Å². The number of hydrogen-bond donors (Lipinski definition) is 1. The van der Waals surface area contributed by atoms with E-state index in [1.807, 2.05) is 48.5 Å². The number of allylic oxidation sites excluding steroid dienone is 1. The van der Waals surface area contributed by atoms with Crippen molar-refractivity contribution in [3.63, 3.8) is 0 Å². The van der Waals surface area contributed by atoms with Crippen LogP contribution in [0.4, 0.5) is 5.69 Å². The van der Waals surface area contributed by atoms with Crippen LogP contribution in [0.1, 0.15) is 16.9 Å². The van der Waals surface area contributed by atoms with E-state index in [2.05, 4.69) is 24.3 Å². The molecule has 1 aliphatic rings. The Hall–Kier alpha value is -3.21. The molecule has 2 N–H and O–H groups in total. The van der Waals surface area contributed by atoms with Gasteiger partial charge in [0.05, 0.1) is 20.9 Å². The quantitative estimate of drug-likeness (QED) is 0.292. The second-order valence-corrected chi connectivity index (χ2v) is 9.23. The van der Waals surface area contributed by atoms with Gasteiger partial charge in [-0.25, -0.2) is 9.97 Å². The molecule has 0 atom stereocenters. The summed E-state index contributed by atoms with van der Waals surface area (Å²) in [5.74, 6) is 0.715. The minimum Gasteiger partial charge on any atom is -0.399 e. The van der Waals surface area contributed by atoms with E-state index in [1.54, 1.807) is 11.3 Å². The number of benzene rings is 3. The molecular weight excluding hydrogens is 422 g/mol. The Morgan fingerprint density at radius 1 is 0.935 bits per heavy atom. The van der Waals surface area contributed by atoms with E-state index >= 15 is 0 Å².